The Hall–Kier alpha value is -2.01. The fourth-order valence-corrected chi connectivity index (χ4v) is 6.34. The summed E-state index contributed by atoms with van der Waals surface area (Å²) in [4.78, 5) is 8.98. The number of hydrogen-bond donors (Lipinski definition) is 3. The van der Waals surface area contributed by atoms with Gasteiger partial charge in [0.05, 0.1) is 16.5 Å². The zero-order chi connectivity index (χ0) is 26.4. The zero-order valence-electron chi connectivity index (χ0n) is 21.5. The van der Waals surface area contributed by atoms with E-state index in [9.17, 15) is 12.8 Å². The van der Waals surface area contributed by atoms with Crippen LogP contribution < -0.4 is 16.0 Å². The number of ether oxygens (including phenoxy) is 1. The minimum Gasteiger partial charge on any atom is -0.381 e. The molecule has 0 amide bonds. The van der Waals surface area contributed by atoms with Gasteiger partial charge in [0.2, 0.25) is 0 Å². The Kier molecular flexibility index (Phi) is 9.61. The summed E-state index contributed by atoms with van der Waals surface area (Å²) >= 11 is 6.47. The van der Waals surface area contributed by atoms with Gasteiger partial charge >= 0.3 is 0 Å². The van der Waals surface area contributed by atoms with Crippen LogP contribution in [-0.4, -0.2) is 68.3 Å². The smallest absolute Gasteiger partial charge is 0.165 e. The Morgan fingerprint density at radius 1 is 1.14 bits per heavy atom. The van der Waals surface area contributed by atoms with Crippen molar-refractivity contribution >= 4 is 33.1 Å². The van der Waals surface area contributed by atoms with Crippen LogP contribution >= 0.6 is 11.6 Å². The van der Waals surface area contributed by atoms with Crippen LogP contribution in [-0.2, 0) is 14.6 Å². The van der Waals surface area contributed by atoms with E-state index in [4.69, 9.17) is 16.3 Å². The fourth-order valence-electron chi connectivity index (χ4n) is 5.14. The number of rotatable bonds is 10. The molecule has 2 aliphatic rings. The maximum Gasteiger partial charge on any atom is 0.165 e. The van der Waals surface area contributed by atoms with Crippen LogP contribution in [0.15, 0.2) is 24.4 Å². The molecule has 37 heavy (non-hydrogen) atoms. The van der Waals surface area contributed by atoms with E-state index in [-0.39, 0.29) is 23.7 Å². The quantitative estimate of drug-likeness (QED) is 0.394. The minimum absolute atomic E-state index is 0.0655. The Labute approximate surface area is 224 Å². The molecule has 4 rings (SSSR count). The molecule has 3 N–H and O–H groups in total. The molecule has 3 heterocycles. The van der Waals surface area contributed by atoms with E-state index in [0.29, 0.717) is 40.6 Å². The molecule has 0 radical (unpaired) electrons. The van der Waals surface area contributed by atoms with Crippen molar-refractivity contribution in [3.63, 3.8) is 0 Å². The van der Waals surface area contributed by atoms with E-state index in [1.807, 2.05) is 13.0 Å². The van der Waals surface area contributed by atoms with Crippen molar-refractivity contribution in [2.75, 3.05) is 42.4 Å². The standard InChI is InChI=1S/C26H37ClFN5O3S/c1-17(16-37(2,34)35)31-19-3-5-20(6-4-19)32-25-13-21(22(27)15-29-25)24-8-7-23(28)26(33-24)30-14-18-9-11-36-12-10-18/h7-8,13,15,17-20,31H,3-6,9-12,14,16H2,1-2H3,(H,29,32)(H,30,33)/t17-,19-,20-/m0/s1. The van der Waals surface area contributed by atoms with E-state index >= 15 is 0 Å². The second-order valence-corrected chi connectivity index (χ2v) is 13.0. The second kappa shape index (κ2) is 12.7. The summed E-state index contributed by atoms with van der Waals surface area (Å²) in [5.74, 6) is 1.11. The van der Waals surface area contributed by atoms with Crippen LogP contribution in [0.2, 0.25) is 5.02 Å². The third-order valence-electron chi connectivity index (χ3n) is 7.03. The first kappa shape index (κ1) is 28.0. The number of pyridine rings is 2. The summed E-state index contributed by atoms with van der Waals surface area (Å²) in [6.07, 6.45) is 8.57. The minimum atomic E-state index is -3.00. The first-order chi connectivity index (χ1) is 17.7. The van der Waals surface area contributed by atoms with E-state index in [1.54, 1.807) is 12.3 Å². The monoisotopic (exact) mass is 553 g/mol. The van der Waals surface area contributed by atoms with Crippen LogP contribution in [0, 0.1) is 11.7 Å². The second-order valence-electron chi connectivity index (χ2n) is 10.4. The van der Waals surface area contributed by atoms with E-state index in [2.05, 4.69) is 25.9 Å². The molecule has 1 atom stereocenters. The molecule has 8 nitrogen and oxygen atoms in total. The van der Waals surface area contributed by atoms with Gasteiger partial charge in [0.25, 0.3) is 0 Å². The molecule has 1 saturated carbocycles. The van der Waals surface area contributed by atoms with Crippen molar-refractivity contribution < 1.29 is 17.5 Å². The average Bonchev–Trinajstić information content (AvgIpc) is 2.85. The lowest BCUT2D eigenvalue weighted by molar-refractivity contribution is 0.0699. The number of nitrogens with one attached hydrogen (secondary N) is 3. The summed E-state index contributed by atoms with van der Waals surface area (Å²) in [5.41, 5.74) is 1.28. The molecule has 11 heteroatoms. The summed E-state index contributed by atoms with van der Waals surface area (Å²) in [6.45, 7) is 4.05. The fraction of sp³-hybridized carbons (Fsp3) is 0.615. The summed E-state index contributed by atoms with van der Waals surface area (Å²) < 4.78 is 42.9. The van der Waals surface area contributed by atoms with Gasteiger partial charge in [-0.15, -0.1) is 0 Å². The highest BCUT2D eigenvalue weighted by atomic mass is 35.5. The van der Waals surface area contributed by atoms with Gasteiger partial charge in [0.1, 0.15) is 15.7 Å². The van der Waals surface area contributed by atoms with E-state index < -0.39 is 15.7 Å². The average molecular weight is 554 g/mol. The van der Waals surface area contributed by atoms with Crippen molar-refractivity contribution in [1.29, 1.82) is 0 Å². The topological polar surface area (TPSA) is 105 Å². The van der Waals surface area contributed by atoms with Crippen molar-refractivity contribution in [2.24, 2.45) is 5.92 Å². The first-order valence-electron chi connectivity index (χ1n) is 13.0. The molecule has 1 aliphatic heterocycles. The van der Waals surface area contributed by atoms with E-state index in [0.717, 1.165) is 51.7 Å². The third-order valence-corrected chi connectivity index (χ3v) is 8.44. The van der Waals surface area contributed by atoms with Gasteiger partial charge in [-0.2, -0.15) is 0 Å². The number of sulfone groups is 1. The van der Waals surface area contributed by atoms with Crippen molar-refractivity contribution in [1.82, 2.24) is 15.3 Å². The molecule has 0 spiro atoms. The highest BCUT2D eigenvalue weighted by Gasteiger charge is 2.24. The molecule has 204 valence electrons. The summed E-state index contributed by atoms with van der Waals surface area (Å²) in [6, 6.07) is 5.40. The highest BCUT2D eigenvalue weighted by Crippen LogP contribution is 2.31. The summed E-state index contributed by atoms with van der Waals surface area (Å²) in [5, 5.41) is 10.6. The molecule has 0 unspecified atom stereocenters. The van der Waals surface area contributed by atoms with Crippen molar-refractivity contribution in [3.05, 3.63) is 35.2 Å². The number of nitrogens with zero attached hydrogens (tertiary/aromatic N) is 2. The van der Waals surface area contributed by atoms with Gasteiger partial charge in [-0.25, -0.2) is 22.8 Å². The normalized spacial score (nSPS) is 21.9. The maximum absolute atomic E-state index is 14.5. The predicted octanol–water partition coefficient (Wildman–Crippen LogP) is 4.52. The van der Waals surface area contributed by atoms with Gasteiger partial charge < -0.3 is 20.7 Å². The molecule has 2 aromatic rings. The zero-order valence-corrected chi connectivity index (χ0v) is 23.0. The lowest BCUT2D eigenvalue weighted by atomic mass is 9.90. The number of halogens is 2. The van der Waals surface area contributed by atoms with Crippen LogP contribution in [0.5, 0.6) is 0 Å². The maximum atomic E-state index is 14.5. The van der Waals surface area contributed by atoms with Gasteiger partial charge in [0, 0.05) is 55.9 Å². The Morgan fingerprint density at radius 2 is 1.84 bits per heavy atom. The molecular formula is C26H37ClFN5O3S. The number of hydrogen-bond acceptors (Lipinski definition) is 8. The van der Waals surface area contributed by atoms with Gasteiger partial charge in [-0.05, 0) is 69.6 Å². The Bertz CT molecular complexity index is 1150. The lowest BCUT2D eigenvalue weighted by Gasteiger charge is -2.32. The predicted molar refractivity (Wildman–Crippen MR) is 146 cm³/mol. The van der Waals surface area contributed by atoms with E-state index in [1.165, 1.54) is 12.3 Å². The van der Waals surface area contributed by atoms with Crippen molar-refractivity contribution in [3.8, 4) is 11.3 Å². The third kappa shape index (κ3) is 8.49. The molecule has 0 aromatic carbocycles. The van der Waals surface area contributed by atoms with Crippen molar-refractivity contribution in [2.45, 2.75) is 63.6 Å². The SMILES string of the molecule is C[C@@H](CS(C)(=O)=O)N[C@H]1CC[C@H](Nc2cc(-c3ccc(F)c(NCC4CCOCC4)n3)c(Cl)cn2)CC1. The highest BCUT2D eigenvalue weighted by molar-refractivity contribution is 7.90. The molecule has 2 aromatic heterocycles. The first-order valence-corrected chi connectivity index (χ1v) is 15.4. The van der Waals surface area contributed by atoms with Gasteiger partial charge in [-0.1, -0.05) is 11.6 Å². The molecule has 0 bridgehead atoms. The van der Waals surface area contributed by atoms with Crippen LogP contribution in [0.4, 0.5) is 16.0 Å². The van der Waals surface area contributed by atoms with Gasteiger partial charge in [-0.3, -0.25) is 0 Å². The molecule has 2 fully saturated rings. The largest absolute Gasteiger partial charge is 0.381 e. The number of anilines is 2. The Balaban J connectivity index is 1.36. The number of aromatic nitrogens is 2. The summed E-state index contributed by atoms with van der Waals surface area (Å²) in [7, 11) is -3.00. The molecule has 1 aliphatic carbocycles. The Morgan fingerprint density at radius 3 is 2.54 bits per heavy atom. The van der Waals surface area contributed by atoms with Crippen LogP contribution in [0.1, 0.15) is 45.4 Å². The lowest BCUT2D eigenvalue weighted by Crippen LogP contribution is -2.43. The van der Waals surface area contributed by atoms with Crippen LogP contribution in [0.3, 0.4) is 0 Å². The molecular weight excluding hydrogens is 517 g/mol. The van der Waals surface area contributed by atoms with Gasteiger partial charge in [0.15, 0.2) is 11.6 Å². The molecule has 1 saturated heterocycles. The van der Waals surface area contributed by atoms with Crippen LogP contribution in [0.25, 0.3) is 11.3 Å².